The van der Waals surface area contributed by atoms with E-state index in [0.29, 0.717) is 16.7 Å². The largest absolute Gasteiger partial charge is 0.340 e. The van der Waals surface area contributed by atoms with E-state index in [1.165, 1.54) is 0 Å². The minimum Gasteiger partial charge on any atom is -0.340 e. The Balaban J connectivity index is 2.25. The summed E-state index contributed by atoms with van der Waals surface area (Å²) in [7, 11) is 0. The average molecular weight is 282 g/mol. The number of rotatable bonds is 4. The van der Waals surface area contributed by atoms with E-state index in [-0.39, 0.29) is 0 Å². The van der Waals surface area contributed by atoms with Gasteiger partial charge in [0.25, 0.3) is 0 Å². The third-order valence-electron chi connectivity index (χ3n) is 3.74. The van der Waals surface area contributed by atoms with Crippen LogP contribution in [0.25, 0.3) is 0 Å². The third kappa shape index (κ3) is 7.28. The standard InChI is InChI=1S/C17H34N2O/c1-16(2,3)9-7-8-15(20)19-12-10-18(11-13-19)14-17(4,5)6/h7-14H2,1-6H3. The molecule has 0 aliphatic carbocycles. The number of carbonyl (C=O) groups is 1. The van der Waals surface area contributed by atoms with E-state index in [1.807, 2.05) is 0 Å². The molecule has 0 radical (unpaired) electrons. The molecule has 1 aliphatic rings. The molecule has 0 aromatic rings. The first kappa shape index (κ1) is 17.5. The molecule has 0 spiro atoms. The molecule has 1 saturated heterocycles. The summed E-state index contributed by atoms with van der Waals surface area (Å²) in [6.45, 7) is 18.5. The van der Waals surface area contributed by atoms with Crippen LogP contribution in [0.1, 0.15) is 60.8 Å². The Morgan fingerprint density at radius 1 is 0.900 bits per heavy atom. The molecule has 3 heteroatoms. The van der Waals surface area contributed by atoms with Gasteiger partial charge in [0, 0.05) is 39.1 Å². The molecule has 1 heterocycles. The lowest BCUT2D eigenvalue weighted by Crippen LogP contribution is -2.50. The van der Waals surface area contributed by atoms with Crippen LogP contribution in [-0.4, -0.2) is 48.4 Å². The van der Waals surface area contributed by atoms with Gasteiger partial charge in [-0.15, -0.1) is 0 Å². The fraction of sp³-hybridized carbons (Fsp3) is 0.941. The smallest absolute Gasteiger partial charge is 0.222 e. The van der Waals surface area contributed by atoms with Crippen LogP contribution < -0.4 is 0 Å². The molecule has 20 heavy (non-hydrogen) atoms. The molecule has 0 saturated carbocycles. The molecule has 1 amide bonds. The summed E-state index contributed by atoms with van der Waals surface area (Å²) in [6.07, 6.45) is 2.86. The molecule has 0 atom stereocenters. The second-order valence-corrected chi connectivity index (χ2v) is 8.63. The van der Waals surface area contributed by atoms with Crippen LogP contribution in [-0.2, 0) is 4.79 Å². The van der Waals surface area contributed by atoms with E-state index in [4.69, 9.17) is 0 Å². The number of carbonyl (C=O) groups excluding carboxylic acids is 1. The average Bonchev–Trinajstić information content (AvgIpc) is 2.25. The third-order valence-corrected chi connectivity index (χ3v) is 3.74. The van der Waals surface area contributed by atoms with Crippen molar-refractivity contribution in [3.8, 4) is 0 Å². The first-order valence-corrected chi connectivity index (χ1v) is 8.07. The molecule has 1 fully saturated rings. The molecule has 1 aliphatic heterocycles. The van der Waals surface area contributed by atoms with Crippen LogP contribution in [0.4, 0.5) is 0 Å². The summed E-state index contributed by atoms with van der Waals surface area (Å²) in [6, 6.07) is 0. The summed E-state index contributed by atoms with van der Waals surface area (Å²) in [5.74, 6) is 0.352. The second-order valence-electron chi connectivity index (χ2n) is 8.63. The number of hydrogen-bond donors (Lipinski definition) is 0. The quantitative estimate of drug-likeness (QED) is 0.789. The van der Waals surface area contributed by atoms with Crippen molar-refractivity contribution in [1.82, 2.24) is 9.80 Å². The number of piperazine rings is 1. The predicted molar refractivity (Wildman–Crippen MR) is 85.8 cm³/mol. The highest BCUT2D eigenvalue weighted by atomic mass is 16.2. The summed E-state index contributed by atoms with van der Waals surface area (Å²) >= 11 is 0. The maximum atomic E-state index is 12.2. The highest BCUT2D eigenvalue weighted by molar-refractivity contribution is 5.76. The van der Waals surface area contributed by atoms with E-state index in [9.17, 15) is 4.79 Å². The molecule has 0 unspecified atom stereocenters. The molecule has 0 aromatic carbocycles. The van der Waals surface area contributed by atoms with Crippen molar-refractivity contribution in [2.24, 2.45) is 10.8 Å². The Labute approximate surface area is 125 Å². The van der Waals surface area contributed by atoms with Gasteiger partial charge >= 0.3 is 0 Å². The van der Waals surface area contributed by atoms with Crippen LogP contribution in [0.5, 0.6) is 0 Å². The fourth-order valence-corrected chi connectivity index (χ4v) is 2.75. The minimum absolute atomic E-state index is 0.339. The van der Waals surface area contributed by atoms with E-state index in [1.54, 1.807) is 0 Å². The number of hydrogen-bond acceptors (Lipinski definition) is 2. The normalized spacial score (nSPS) is 18.4. The van der Waals surface area contributed by atoms with Crippen LogP contribution >= 0.6 is 0 Å². The Hall–Kier alpha value is -0.570. The molecule has 0 N–H and O–H groups in total. The van der Waals surface area contributed by atoms with Crippen LogP contribution in [0.2, 0.25) is 0 Å². The lowest BCUT2D eigenvalue weighted by molar-refractivity contribution is -0.133. The van der Waals surface area contributed by atoms with Crippen LogP contribution in [0, 0.1) is 10.8 Å². The van der Waals surface area contributed by atoms with Crippen molar-refractivity contribution < 1.29 is 4.79 Å². The van der Waals surface area contributed by atoms with E-state index in [0.717, 1.165) is 52.0 Å². The maximum absolute atomic E-state index is 12.2. The first-order valence-electron chi connectivity index (χ1n) is 8.07. The van der Waals surface area contributed by atoms with Crippen molar-refractivity contribution in [2.45, 2.75) is 60.8 Å². The van der Waals surface area contributed by atoms with Crippen molar-refractivity contribution in [2.75, 3.05) is 32.7 Å². The van der Waals surface area contributed by atoms with Gasteiger partial charge in [-0.1, -0.05) is 41.5 Å². The maximum Gasteiger partial charge on any atom is 0.222 e. The Bertz CT molecular complexity index is 304. The SMILES string of the molecule is CC(C)(C)CCCC(=O)N1CCN(CC(C)(C)C)CC1. The first-order chi connectivity index (χ1) is 9.07. The summed E-state index contributed by atoms with van der Waals surface area (Å²) in [5.41, 5.74) is 0.685. The highest BCUT2D eigenvalue weighted by Crippen LogP contribution is 2.22. The highest BCUT2D eigenvalue weighted by Gasteiger charge is 2.24. The molecule has 3 nitrogen and oxygen atoms in total. The van der Waals surface area contributed by atoms with Gasteiger partial charge in [-0.3, -0.25) is 9.69 Å². The number of nitrogens with zero attached hydrogens (tertiary/aromatic N) is 2. The van der Waals surface area contributed by atoms with E-state index in [2.05, 4.69) is 51.3 Å². The van der Waals surface area contributed by atoms with Gasteiger partial charge in [-0.25, -0.2) is 0 Å². The summed E-state index contributed by atoms with van der Waals surface area (Å²) < 4.78 is 0. The summed E-state index contributed by atoms with van der Waals surface area (Å²) in [5, 5.41) is 0. The second kappa shape index (κ2) is 6.93. The van der Waals surface area contributed by atoms with E-state index < -0.39 is 0 Å². The number of amides is 1. The minimum atomic E-state index is 0.339. The molecule has 118 valence electrons. The van der Waals surface area contributed by atoms with Gasteiger partial charge in [0.2, 0.25) is 5.91 Å². The lowest BCUT2D eigenvalue weighted by Gasteiger charge is -2.38. The summed E-state index contributed by atoms with van der Waals surface area (Å²) in [4.78, 5) is 16.7. The fourth-order valence-electron chi connectivity index (χ4n) is 2.75. The van der Waals surface area contributed by atoms with Crippen molar-refractivity contribution in [1.29, 1.82) is 0 Å². The molecule has 1 rings (SSSR count). The molecular formula is C17H34N2O. The Morgan fingerprint density at radius 2 is 1.45 bits per heavy atom. The van der Waals surface area contributed by atoms with Gasteiger partial charge in [-0.2, -0.15) is 0 Å². The Kier molecular flexibility index (Phi) is 6.06. The van der Waals surface area contributed by atoms with Gasteiger partial charge in [0.1, 0.15) is 0 Å². The molecule has 0 aromatic heterocycles. The zero-order valence-electron chi connectivity index (χ0n) is 14.5. The van der Waals surface area contributed by atoms with Gasteiger partial charge in [0.15, 0.2) is 0 Å². The predicted octanol–water partition coefficient (Wildman–Crippen LogP) is 3.39. The van der Waals surface area contributed by atoms with Gasteiger partial charge < -0.3 is 4.90 Å². The van der Waals surface area contributed by atoms with Crippen molar-refractivity contribution >= 4 is 5.91 Å². The van der Waals surface area contributed by atoms with Crippen molar-refractivity contribution in [3.05, 3.63) is 0 Å². The monoisotopic (exact) mass is 282 g/mol. The van der Waals surface area contributed by atoms with Crippen LogP contribution in [0.3, 0.4) is 0 Å². The molecular weight excluding hydrogens is 248 g/mol. The van der Waals surface area contributed by atoms with Crippen molar-refractivity contribution in [3.63, 3.8) is 0 Å². The van der Waals surface area contributed by atoms with E-state index >= 15 is 0 Å². The Morgan fingerprint density at radius 3 is 1.90 bits per heavy atom. The van der Waals surface area contributed by atoms with Gasteiger partial charge in [0.05, 0.1) is 0 Å². The zero-order valence-corrected chi connectivity index (χ0v) is 14.5. The zero-order chi connectivity index (χ0) is 15.4. The van der Waals surface area contributed by atoms with Crippen LogP contribution in [0.15, 0.2) is 0 Å². The van der Waals surface area contributed by atoms with Gasteiger partial charge in [-0.05, 0) is 23.7 Å². The topological polar surface area (TPSA) is 23.6 Å². The lowest BCUT2D eigenvalue weighted by atomic mass is 9.90. The molecule has 0 bridgehead atoms.